The molecule has 0 saturated heterocycles. The second-order valence-electron chi connectivity index (χ2n) is 10.6. The summed E-state index contributed by atoms with van der Waals surface area (Å²) >= 11 is 0. The van der Waals surface area contributed by atoms with Crippen molar-refractivity contribution < 1.29 is 19.1 Å². The Balaban J connectivity index is 1.41. The molecule has 0 aliphatic heterocycles. The standard InChI is InChI=1S/C27H35N3O4/c1-26(2,3)34-25(32)30-21-11-13-27(14-12-21,33-24(29)31)23-16-22(23)18-9-7-17(8-10-18)19-5-4-6-20(28)15-19/h4-10,15,21-23H,11-14,16,28H2,1-3H3,(H2,29,31)(H,30,32)/t21?,22-,23+,27?/m0/s1. The molecule has 0 radical (unpaired) electrons. The smallest absolute Gasteiger partial charge is 0.407 e. The van der Waals surface area contributed by atoms with E-state index in [4.69, 9.17) is 20.9 Å². The Labute approximate surface area is 201 Å². The number of carbonyl (C=O) groups excluding carboxylic acids is 2. The van der Waals surface area contributed by atoms with Gasteiger partial charge in [0.15, 0.2) is 0 Å². The average molecular weight is 466 g/mol. The van der Waals surface area contributed by atoms with Crippen molar-refractivity contribution in [2.75, 3.05) is 5.73 Å². The van der Waals surface area contributed by atoms with Crippen molar-refractivity contribution in [3.05, 3.63) is 54.1 Å². The first-order valence-corrected chi connectivity index (χ1v) is 12.0. The first kappa shape index (κ1) is 23.9. The Morgan fingerprint density at radius 1 is 1.03 bits per heavy atom. The summed E-state index contributed by atoms with van der Waals surface area (Å²) in [5, 5.41) is 2.95. The van der Waals surface area contributed by atoms with E-state index in [1.165, 1.54) is 5.56 Å². The minimum absolute atomic E-state index is 0.00533. The molecule has 0 heterocycles. The van der Waals surface area contributed by atoms with Gasteiger partial charge in [0.25, 0.3) is 0 Å². The molecular weight excluding hydrogens is 430 g/mol. The quantitative estimate of drug-likeness (QED) is 0.515. The maximum absolute atomic E-state index is 12.2. The molecule has 0 bridgehead atoms. The van der Waals surface area contributed by atoms with Crippen LogP contribution in [0.5, 0.6) is 0 Å². The van der Waals surface area contributed by atoms with Gasteiger partial charge >= 0.3 is 12.2 Å². The zero-order valence-corrected chi connectivity index (χ0v) is 20.2. The molecule has 0 aromatic heterocycles. The lowest BCUT2D eigenvalue weighted by Crippen LogP contribution is -2.48. The van der Waals surface area contributed by atoms with Gasteiger partial charge < -0.3 is 26.3 Å². The van der Waals surface area contributed by atoms with E-state index in [2.05, 4.69) is 29.6 Å². The highest BCUT2D eigenvalue weighted by molar-refractivity contribution is 5.69. The average Bonchev–Trinajstić information content (AvgIpc) is 3.55. The summed E-state index contributed by atoms with van der Waals surface area (Å²) in [5.41, 5.74) is 14.4. The Morgan fingerprint density at radius 2 is 1.71 bits per heavy atom. The first-order chi connectivity index (χ1) is 16.0. The number of primary amides is 1. The van der Waals surface area contributed by atoms with Crippen LogP contribution in [0.2, 0.25) is 0 Å². The highest BCUT2D eigenvalue weighted by Gasteiger charge is 2.56. The van der Waals surface area contributed by atoms with Gasteiger partial charge in [0.2, 0.25) is 0 Å². The summed E-state index contributed by atoms with van der Waals surface area (Å²) in [4.78, 5) is 23.9. The minimum Gasteiger partial charge on any atom is -0.444 e. The molecule has 2 aromatic rings. The molecule has 2 atom stereocenters. The molecule has 2 aromatic carbocycles. The minimum atomic E-state index is -0.735. The van der Waals surface area contributed by atoms with E-state index in [0.717, 1.165) is 23.2 Å². The second-order valence-corrected chi connectivity index (χ2v) is 10.6. The van der Waals surface area contributed by atoms with Crippen molar-refractivity contribution in [1.82, 2.24) is 5.32 Å². The molecule has 7 heteroatoms. The van der Waals surface area contributed by atoms with Crippen LogP contribution in [0.4, 0.5) is 15.3 Å². The lowest BCUT2D eigenvalue weighted by Gasteiger charge is -2.40. The van der Waals surface area contributed by atoms with E-state index >= 15 is 0 Å². The summed E-state index contributed by atoms with van der Waals surface area (Å²) < 4.78 is 11.2. The fourth-order valence-electron chi connectivity index (χ4n) is 5.26. The number of ether oxygens (including phenoxy) is 2. The summed E-state index contributed by atoms with van der Waals surface area (Å²) in [6, 6.07) is 16.4. The maximum atomic E-state index is 12.2. The van der Waals surface area contributed by atoms with Gasteiger partial charge in [-0.25, -0.2) is 9.59 Å². The predicted molar refractivity (Wildman–Crippen MR) is 132 cm³/mol. The van der Waals surface area contributed by atoms with E-state index < -0.39 is 23.4 Å². The van der Waals surface area contributed by atoms with Crippen LogP contribution < -0.4 is 16.8 Å². The number of benzene rings is 2. The van der Waals surface area contributed by atoms with Gasteiger partial charge in [0.05, 0.1) is 0 Å². The van der Waals surface area contributed by atoms with Gasteiger partial charge in [-0.3, -0.25) is 0 Å². The summed E-state index contributed by atoms with van der Waals surface area (Å²) in [7, 11) is 0. The fourth-order valence-corrected chi connectivity index (χ4v) is 5.26. The van der Waals surface area contributed by atoms with Gasteiger partial charge in [-0.05, 0) is 87.6 Å². The first-order valence-electron chi connectivity index (χ1n) is 12.0. The van der Waals surface area contributed by atoms with Crippen molar-refractivity contribution in [2.24, 2.45) is 11.7 Å². The number of amides is 2. The van der Waals surface area contributed by atoms with Gasteiger partial charge in [-0.1, -0.05) is 36.4 Å². The van der Waals surface area contributed by atoms with Gasteiger partial charge in [-0.2, -0.15) is 0 Å². The van der Waals surface area contributed by atoms with Crippen LogP contribution in [-0.2, 0) is 9.47 Å². The van der Waals surface area contributed by atoms with Crippen LogP contribution in [-0.4, -0.2) is 29.4 Å². The van der Waals surface area contributed by atoms with Gasteiger partial charge in [-0.15, -0.1) is 0 Å². The Morgan fingerprint density at radius 3 is 2.29 bits per heavy atom. The molecule has 2 fully saturated rings. The lowest BCUT2D eigenvalue weighted by molar-refractivity contribution is -0.0374. The molecule has 2 saturated carbocycles. The van der Waals surface area contributed by atoms with Crippen LogP contribution in [0.1, 0.15) is 64.4 Å². The largest absolute Gasteiger partial charge is 0.444 e. The highest BCUT2D eigenvalue weighted by atomic mass is 16.6. The molecule has 7 nitrogen and oxygen atoms in total. The van der Waals surface area contributed by atoms with Crippen LogP contribution in [0.15, 0.2) is 48.5 Å². The fraction of sp³-hybridized carbons (Fsp3) is 0.481. The maximum Gasteiger partial charge on any atom is 0.407 e. The third kappa shape index (κ3) is 5.64. The number of alkyl carbamates (subject to hydrolysis) is 1. The van der Waals surface area contributed by atoms with Gasteiger partial charge in [0, 0.05) is 17.6 Å². The normalized spacial score (nSPS) is 26.4. The summed E-state index contributed by atoms with van der Waals surface area (Å²) in [6.07, 6.45) is 2.56. The number of anilines is 1. The Hall–Kier alpha value is -3.22. The van der Waals surface area contributed by atoms with Crippen LogP contribution in [0.25, 0.3) is 11.1 Å². The van der Waals surface area contributed by atoms with Crippen molar-refractivity contribution in [3.63, 3.8) is 0 Å². The SMILES string of the molecule is CC(C)(C)OC(=O)NC1CCC(OC(N)=O)([C@@H]2C[C@H]2c2ccc(-c3cccc(N)c3)cc2)CC1. The van der Waals surface area contributed by atoms with E-state index in [0.29, 0.717) is 31.6 Å². The number of hydrogen-bond donors (Lipinski definition) is 3. The van der Waals surface area contributed by atoms with E-state index in [9.17, 15) is 9.59 Å². The lowest BCUT2D eigenvalue weighted by atomic mass is 9.77. The molecule has 34 heavy (non-hydrogen) atoms. The van der Waals surface area contributed by atoms with E-state index in [1.807, 2.05) is 45.0 Å². The van der Waals surface area contributed by atoms with Gasteiger partial charge in [0.1, 0.15) is 11.2 Å². The number of rotatable bonds is 5. The van der Waals surface area contributed by atoms with Crippen molar-refractivity contribution in [2.45, 2.75) is 76.0 Å². The number of carbonyl (C=O) groups is 2. The molecular formula is C27H35N3O4. The van der Waals surface area contributed by atoms with Crippen LogP contribution >= 0.6 is 0 Å². The monoisotopic (exact) mass is 465 g/mol. The molecule has 5 N–H and O–H groups in total. The topological polar surface area (TPSA) is 117 Å². The molecule has 2 aliphatic rings. The molecule has 2 aliphatic carbocycles. The third-order valence-electron chi connectivity index (χ3n) is 6.88. The highest BCUT2D eigenvalue weighted by Crippen LogP contribution is 2.58. The second kappa shape index (κ2) is 9.20. The van der Waals surface area contributed by atoms with Crippen molar-refractivity contribution in [3.8, 4) is 11.1 Å². The molecule has 4 rings (SSSR count). The van der Waals surface area contributed by atoms with Crippen LogP contribution in [0, 0.1) is 5.92 Å². The van der Waals surface area contributed by atoms with Crippen molar-refractivity contribution >= 4 is 17.9 Å². The number of hydrogen-bond acceptors (Lipinski definition) is 5. The number of nitrogen functional groups attached to an aromatic ring is 1. The summed E-state index contributed by atoms with van der Waals surface area (Å²) in [5.74, 6) is 0.547. The van der Waals surface area contributed by atoms with E-state index in [-0.39, 0.29) is 12.0 Å². The predicted octanol–water partition coefficient (Wildman–Crippen LogP) is 5.34. The molecule has 0 spiro atoms. The molecule has 0 unspecified atom stereocenters. The van der Waals surface area contributed by atoms with E-state index in [1.54, 1.807) is 0 Å². The third-order valence-corrected chi connectivity index (χ3v) is 6.88. The Bertz CT molecular complexity index is 1040. The molecule has 182 valence electrons. The van der Waals surface area contributed by atoms with Crippen molar-refractivity contribution in [1.29, 1.82) is 0 Å². The zero-order valence-electron chi connectivity index (χ0n) is 20.2. The Kier molecular flexibility index (Phi) is 6.47. The number of nitrogens with one attached hydrogen (secondary N) is 1. The number of nitrogens with two attached hydrogens (primary N) is 2. The van der Waals surface area contributed by atoms with Crippen LogP contribution in [0.3, 0.4) is 0 Å². The molecule has 2 amide bonds. The zero-order chi connectivity index (χ0) is 24.5. The summed E-state index contributed by atoms with van der Waals surface area (Å²) in [6.45, 7) is 5.52.